The van der Waals surface area contributed by atoms with Crippen molar-refractivity contribution in [1.82, 2.24) is 10.2 Å². The molecular formula is C30H43N3O4. The van der Waals surface area contributed by atoms with Crippen LogP contribution in [0, 0.1) is 12.8 Å². The zero-order valence-corrected chi connectivity index (χ0v) is 23.7. The Balaban J connectivity index is 2.55. The van der Waals surface area contributed by atoms with Crippen molar-refractivity contribution in [3.63, 3.8) is 0 Å². The van der Waals surface area contributed by atoms with Crippen molar-refractivity contribution in [1.29, 1.82) is 0 Å². The van der Waals surface area contributed by atoms with Crippen LogP contribution in [-0.4, -0.2) is 40.0 Å². The first-order valence-electron chi connectivity index (χ1n) is 12.8. The number of benzene rings is 2. The zero-order valence-electron chi connectivity index (χ0n) is 23.7. The molecule has 7 heteroatoms. The summed E-state index contributed by atoms with van der Waals surface area (Å²) in [5.41, 5.74) is 0.823. The van der Waals surface area contributed by atoms with Crippen LogP contribution in [0.3, 0.4) is 0 Å². The van der Waals surface area contributed by atoms with Gasteiger partial charge in [-0.1, -0.05) is 62.4 Å². The Morgan fingerprint density at radius 2 is 1.46 bits per heavy atom. The number of hydrogen-bond acceptors (Lipinski definition) is 4. The first-order chi connectivity index (χ1) is 17.1. The van der Waals surface area contributed by atoms with Crippen LogP contribution >= 0.6 is 0 Å². The maximum Gasteiger partial charge on any atom is 0.408 e. The molecule has 0 radical (unpaired) electrons. The summed E-state index contributed by atoms with van der Waals surface area (Å²) in [5.74, 6) is -0.563. The molecule has 0 aromatic heterocycles. The van der Waals surface area contributed by atoms with Crippen molar-refractivity contribution < 1.29 is 19.1 Å². The van der Waals surface area contributed by atoms with Crippen molar-refractivity contribution in [2.24, 2.45) is 5.92 Å². The van der Waals surface area contributed by atoms with Crippen molar-refractivity contribution in [2.45, 2.75) is 92.0 Å². The normalized spacial score (nSPS) is 13.5. The third-order valence-electron chi connectivity index (χ3n) is 5.68. The average molecular weight is 510 g/mol. The molecule has 0 aliphatic heterocycles. The Labute approximate surface area is 222 Å². The second kappa shape index (κ2) is 12.3. The number of carbonyl (C=O) groups excluding carboxylic acids is 3. The lowest BCUT2D eigenvalue weighted by molar-refractivity contribution is -0.147. The fourth-order valence-corrected chi connectivity index (χ4v) is 4.12. The Morgan fingerprint density at radius 1 is 0.892 bits per heavy atom. The predicted octanol–water partition coefficient (Wildman–Crippen LogP) is 6.24. The lowest BCUT2D eigenvalue weighted by Crippen LogP contribution is -2.58. The van der Waals surface area contributed by atoms with E-state index in [0.29, 0.717) is 17.7 Å². The molecule has 3 amide bonds. The first-order valence-corrected chi connectivity index (χ1v) is 12.8. The third kappa shape index (κ3) is 8.92. The molecule has 0 saturated carbocycles. The van der Waals surface area contributed by atoms with Gasteiger partial charge in [0.15, 0.2) is 0 Å². The van der Waals surface area contributed by atoms with E-state index in [1.54, 1.807) is 25.7 Å². The number of rotatable bonds is 8. The van der Waals surface area contributed by atoms with Crippen LogP contribution in [0.5, 0.6) is 0 Å². The van der Waals surface area contributed by atoms with E-state index in [4.69, 9.17) is 4.74 Å². The molecule has 2 aromatic carbocycles. The summed E-state index contributed by atoms with van der Waals surface area (Å²) in [7, 11) is 0. The topological polar surface area (TPSA) is 87.7 Å². The van der Waals surface area contributed by atoms with E-state index in [1.165, 1.54) is 0 Å². The smallest absolute Gasteiger partial charge is 0.408 e. The van der Waals surface area contributed by atoms with Crippen LogP contribution in [0.25, 0.3) is 0 Å². The number of hydrogen-bond donors (Lipinski definition) is 2. The van der Waals surface area contributed by atoms with Gasteiger partial charge < -0.3 is 20.3 Å². The summed E-state index contributed by atoms with van der Waals surface area (Å²) in [6.45, 7) is 16.9. The van der Waals surface area contributed by atoms with E-state index in [0.717, 1.165) is 5.56 Å². The molecule has 2 atom stereocenters. The van der Waals surface area contributed by atoms with Crippen LogP contribution in [0.4, 0.5) is 10.5 Å². The largest absolute Gasteiger partial charge is 0.444 e. The highest BCUT2D eigenvalue weighted by molar-refractivity contribution is 5.99. The van der Waals surface area contributed by atoms with E-state index < -0.39 is 29.3 Å². The average Bonchev–Trinajstić information content (AvgIpc) is 2.76. The van der Waals surface area contributed by atoms with Gasteiger partial charge in [0.1, 0.15) is 17.7 Å². The highest BCUT2D eigenvalue weighted by Gasteiger charge is 2.42. The van der Waals surface area contributed by atoms with Gasteiger partial charge in [-0.05, 0) is 78.0 Å². The van der Waals surface area contributed by atoms with Gasteiger partial charge in [0.05, 0.1) is 0 Å². The Morgan fingerprint density at radius 3 is 1.97 bits per heavy atom. The zero-order chi connectivity index (χ0) is 28.0. The summed E-state index contributed by atoms with van der Waals surface area (Å²) in [5, 5.41) is 5.80. The number of anilines is 1. The number of amides is 3. The Bertz CT molecular complexity index is 1070. The standard InChI is InChI=1S/C30H43N3O4/c1-20(2)19-24(32-28(36)37-30(7,8)9)27(35)33(29(4,5)6)25(22-16-11-10-12-17-22)26(34)31-23-18-14-13-15-21(23)3/h10-18,20,24-25H,19H2,1-9H3,(H,31,34)(H,32,36). The number of aryl methyl sites for hydroxylation is 1. The number of alkyl carbamates (subject to hydrolysis) is 1. The molecule has 0 aliphatic rings. The number of ether oxygens (including phenoxy) is 1. The van der Waals surface area contributed by atoms with Crippen LogP contribution in [0.1, 0.15) is 79.0 Å². The molecule has 37 heavy (non-hydrogen) atoms. The highest BCUT2D eigenvalue weighted by Crippen LogP contribution is 2.32. The van der Waals surface area contributed by atoms with E-state index in [1.807, 2.05) is 96.1 Å². The second-order valence-electron chi connectivity index (χ2n) is 11.8. The molecule has 2 aromatic rings. The summed E-state index contributed by atoms with van der Waals surface area (Å²) in [4.78, 5) is 42.4. The Kier molecular flexibility index (Phi) is 9.90. The quantitative estimate of drug-likeness (QED) is 0.441. The monoisotopic (exact) mass is 509 g/mol. The number of para-hydroxylation sites is 1. The van der Waals surface area contributed by atoms with Crippen LogP contribution in [0.2, 0.25) is 0 Å². The predicted molar refractivity (Wildman–Crippen MR) is 148 cm³/mol. The molecule has 0 bridgehead atoms. The fraction of sp³-hybridized carbons (Fsp3) is 0.500. The lowest BCUT2D eigenvalue weighted by atomic mass is 9.93. The molecule has 7 nitrogen and oxygen atoms in total. The summed E-state index contributed by atoms with van der Waals surface area (Å²) < 4.78 is 5.45. The number of nitrogens with one attached hydrogen (secondary N) is 2. The van der Waals surface area contributed by atoms with Gasteiger partial charge in [0, 0.05) is 11.2 Å². The van der Waals surface area contributed by atoms with Crippen molar-refractivity contribution >= 4 is 23.6 Å². The summed E-state index contributed by atoms with van der Waals surface area (Å²) >= 11 is 0. The van der Waals surface area contributed by atoms with Gasteiger partial charge in [-0.15, -0.1) is 0 Å². The van der Waals surface area contributed by atoms with Gasteiger partial charge in [0.25, 0.3) is 5.91 Å². The molecule has 0 aliphatic carbocycles. The summed E-state index contributed by atoms with van der Waals surface area (Å²) in [6, 6.07) is 15.0. The van der Waals surface area contributed by atoms with Gasteiger partial charge in [-0.25, -0.2) is 4.79 Å². The number of nitrogens with zero attached hydrogens (tertiary/aromatic N) is 1. The van der Waals surface area contributed by atoms with Crippen LogP contribution < -0.4 is 10.6 Å². The second-order valence-corrected chi connectivity index (χ2v) is 11.8. The van der Waals surface area contributed by atoms with Gasteiger partial charge in [-0.3, -0.25) is 9.59 Å². The fourth-order valence-electron chi connectivity index (χ4n) is 4.12. The highest BCUT2D eigenvalue weighted by atomic mass is 16.6. The van der Waals surface area contributed by atoms with Gasteiger partial charge in [-0.2, -0.15) is 0 Å². The molecular weight excluding hydrogens is 466 g/mol. The van der Waals surface area contributed by atoms with E-state index in [9.17, 15) is 14.4 Å². The SMILES string of the molecule is Cc1ccccc1NC(=O)C(c1ccccc1)N(C(=O)C(CC(C)C)NC(=O)OC(C)(C)C)C(C)(C)C. The molecule has 0 saturated heterocycles. The van der Waals surface area contributed by atoms with Crippen molar-refractivity contribution in [2.75, 3.05) is 5.32 Å². The third-order valence-corrected chi connectivity index (χ3v) is 5.68. The minimum Gasteiger partial charge on any atom is -0.444 e. The van der Waals surface area contributed by atoms with E-state index in [2.05, 4.69) is 10.6 Å². The molecule has 2 rings (SSSR count). The summed E-state index contributed by atoms with van der Waals surface area (Å²) in [6.07, 6.45) is -0.271. The first kappa shape index (κ1) is 29.9. The number of carbonyl (C=O) groups is 3. The van der Waals surface area contributed by atoms with Gasteiger partial charge in [0.2, 0.25) is 5.91 Å². The van der Waals surface area contributed by atoms with Crippen molar-refractivity contribution in [3.05, 3.63) is 65.7 Å². The molecule has 202 valence electrons. The maximum absolute atomic E-state index is 14.2. The minimum atomic E-state index is -0.927. The van der Waals surface area contributed by atoms with Crippen molar-refractivity contribution in [3.8, 4) is 0 Å². The maximum atomic E-state index is 14.2. The molecule has 0 fully saturated rings. The Hall–Kier alpha value is -3.35. The van der Waals surface area contributed by atoms with E-state index in [-0.39, 0.29) is 17.7 Å². The molecule has 0 spiro atoms. The minimum absolute atomic E-state index is 0.113. The lowest BCUT2D eigenvalue weighted by Gasteiger charge is -2.43. The molecule has 2 N–H and O–H groups in total. The van der Waals surface area contributed by atoms with Crippen LogP contribution in [-0.2, 0) is 14.3 Å². The molecule has 2 unspecified atom stereocenters. The van der Waals surface area contributed by atoms with E-state index >= 15 is 0 Å². The molecule has 0 heterocycles. The van der Waals surface area contributed by atoms with Gasteiger partial charge >= 0.3 is 6.09 Å². The van der Waals surface area contributed by atoms with Crippen LogP contribution in [0.15, 0.2) is 54.6 Å².